The van der Waals surface area contributed by atoms with Gasteiger partial charge in [0.05, 0.1) is 18.6 Å². The molecule has 9 heteroatoms. The second-order valence-electron chi connectivity index (χ2n) is 12.3. The lowest BCUT2D eigenvalue weighted by atomic mass is 9.88. The fourth-order valence-electron chi connectivity index (χ4n) is 5.68. The smallest absolute Gasteiger partial charge is 0.251 e. The van der Waals surface area contributed by atoms with Gasteiger partial charge in [-0.1, -0.05) is 52.8 Å². The Morgan fingerprint density at radius 2 is 1.77 bits per heavy atom. The second kappa shape index (κ2) is 11.6. The van der Waals surface area contributed by atoms with Crippen LogP contribution in [0.25, 0.3) is 10.4 Å². The summed E-state index contributed by atoms with van der Waals surface area (Å²) >= 11 is 1.63. The number of rotatable bonds is 8. The van der Waals surface area contributed by atoms with Gasteiger partial charge in [-0.15, -0.1) is 11.3 Å². The highest BCUT2D eigenvalue weighted by atomic mass is 32.1. The van der Waals surface area contributed by atoms with Gasteiger partial charge in [-0.25, -0.2) is 0 Å². The number of hydrogen-bond acceptors (Lipinski definition) is 6. The molecule has 39 heavy (non-hydrogen) atoms. The third kappa shape index (κ3) is 6.58. The lowest BCUT2D eigenvalue weighted by Gasteiger charge is -2.30. The number of carbonyl (C=O) groups excluding carboxylic acids is 4. The van der Waals surface area contributed by atoms with Crippen molar-refractivity contribution in [3.8, 4) is 10.4 Å². The van der Waals surface area contributed by atoms with Crippen LogP contribution in [0.2, 0.25) is 0 Å². The molecule has 4 atom stereocenters. The number of likely N-dealkylation sites (tertiary alicyclic amines) is 2. The van der Waals surface area contributed by atoms with Gasteiger partial charge in [0, 0.05) is 17.0 Å². The molecule has 0 radical (unpaired) electrons. The van der Waals surface area contributed by atoms with Crippen molar-refractivity contribution in [1.82, 2.24) is 15.1 Å². The molecule has 3 heterocycles. The number of ketones is 1. The van der Waals surface area contributed by atoms with Gasteiger partial charge in [0.15, 0.2) is 5.78 Å². The van der Waals surface area contributed by atoms with E-state index in [1.165, 1.54) is 0 Å². The molecule has 1 aromatic carbocycles. The zero-order valence-electron chi connectivity index (χ0n) is 23.5. The van der Waals surface area contributed by atoms with Crippen LogP contribution < -0.4 is 11.1 Å². The first-order chi connectivity index (χ1) is 18.4. The number of nitrogens with zero attached hydrogens (tertiary/aromatic N) is 2. The Bertz CT molecular complexity index is 1200. The molecule has 0 spiro atoms. The number of Topliss-reactive ketones (excluding diaryl/α,β-unsaturated/α-hetero) is 1. The highest BCUT2D eigenvalue weighted by Crippen LogP contribution is 2.32. The monoisotopic (exact) mass is 552 g/mol. The van der Waals surface area contributed by atoms with E-state index in [2.05, 4.69) is 5.32 Å². The highest BCUT2D eigenvalue weighted by Gasteiger charge is 2.52. The lowest BCUT2D eigenvalue weighted by Crippen LogP contribution is -2.53. The molecule has 2 aliphatic heterocycles. The molecule has 2 saturated heterocycles. The number of amides is 3. The van der Waals surface area contributed by atoms with E-state index in [0.717, 1.165) is 10.4 Å². The minimum atomic E-state index is -0.770. The standard InChI is InChI=1S/C30H40N4O4S/c1-18(2)15-22(32-27(36)20-10-8-19(9-11-20)25-7-6-14-39-25)29(38)33-13-12-23-26(33)24(35)17-34(23)28(37)21(31)16-30(3,4)5/h6-11,14,18,21-23,26H,12-13,15-17,31H2,1-5H3,(H,32,36). The SMILES string of the molecule is CC(C)CC(NC(=O)c1ccc(-c2cccs2)cc1)C(=O)N1CCC2C1C(=O)CN2C(=O)C(N)CC(C)(C)C. The number of nitrogens with two attached hydrogens (primary N) is 1. The maximum Gasteiger partial charge on any atom is 0.251 e. The van der Waals surface area contributed by atoms with E-state index in [-0.39, 0.29) is 47.4 Å². The van der Waals surface area contributed by atoms with E-state index >= 15 is 0 Å². The molecule has 4 unspecified atom stereocenters. The first-order valence-electron chi connectivity index (χ1n) is 13.7. The van der Waals surface area contributed by atoms with Crippen molar-refractivity contribution in [2.24, 2.45) is 17.1 Å². The van der Waals surface area contributed by atoms with Crippen LogP contribution in [0.5, 0.6) is 0 Å². The van der Waals surface area contributed by atoms with Crippen LogP contribution in [0.4, 0.5) is 0 Å². The van der Waals surface area contributed by atoms with Gasteiger partial charge in [-0.2, -0.15) is 0 Å². The summed E-state index contributed by atoms with van der Waals surface area (Å²) in [4.78, 5) is 57.5. The van der Waals surface area contributed by atoms with Gasteiger partial charge in [0.25, 0.3) is 5.91 Å². The lowest BCUT2D eigenvalue weighted by molar-refractivity contribution is -0.138. The van der Waals surface area contributed by atoms with Crippen molar-refractivity contribution in [1.29, 1.82) is 0 Å². The summed E-state index contributed by atoms with van der Waals surface area (Å²) in [5.74, 6) is -0.850. The average Bonchev–Trinajstić information content (AvgIpc) is 3.60. The molecule has 2 aliphatic rings. The van der Waals surface area contributed by atoms with Crippen molar-refractivity contribution in [2.45, 2.75) is 78.0 Å². The summed E-state index contributed by atoms with van der Waals surface area (Å²) in [5, 5.41) is 4.93. The number of hydrogen-bond donors (Lipinski definition) is 2. The molecule has 0 aliphatic carbocycles. The Morgan fingerprint density at radius 1 is 1.08 bits per heavy atom. The number of fused-ring (bicyclic) bond motifs is 1. The summed E-state index contributed by atoms with van der Waals surface area (Å²) in [7, 11) is 0. The fraction of sp³-hybridized carbons (Fsp3) is 0.533. The van der Waals surface area contributed by atoms with E-state index < -0.39 is 18.1 Å². The molecule has 3 amide bonds. The molecule has 3 N–H and O–H groups in total. The van der Waals surface area contributed by atoms with Crippen molar-refractivity contribution < 1.29 is 19.2 Å². The molecule has 1 aromatic heterocycles. The molecule has 4 rings (SSSR count). The summed E-state index contributed by atoms with van der Waals surface area (Å²) in [5.41, 5.74) is 7.60. The van der Waals surface area contributed by atoms with E-state index in [1.54, 1.807) is 33.3 Å². The maximum absolute atomic E-state index is 13.8. The summed E-state index contributed by atoms with van der Waals surface area (Å²) in [6.07, 6.45) is 1.47. The predicted octanol–water partition coefficient (Wildman–Crippen LogP) is 3.70. The molecule has 2 fully saturated rings. The normalized spacial score (nSPS) is 20.7. The van der Waals surface area contributed by atoms with Gasteiger partial charge in [-0.05, 0) is 59.7 Å². The molecule has 0 bridgehead atoms. The quantitative estimate of drug-likeness (QED) is 0.519. The zero-order chi connectivity index (χ0) is 28.5. The third-order valence-corrected chi connectivity index (χ3v) is 8.32. The number of thiophene rings is 1. The minimum absolute atomic E-state index is 0.0341. The van der Waals surface area contributed by atoms with Crippen LogP contribution in [0.3, 0.4) is 0 Å². The molecule has 2 aromatic rings. The molecular formula is C30H40N4O4S. The summed E-state index contributed by atoms with van der Waals surface area (Å²) in [6, 6.07) is 8.80. The third-order valence-electron chi connectivity index (χ3n) is 7.40. The fourth-order valence-corrected chi connectivity index (χ4v) is 6.41. The zero-order valence-corrected chi connectivity index (χ0v) is 24.3. The van der Waals surface area contributed by atoms with Crippen LogP contribution in [-0.2, 0) is 14.4 Å². The van der Waals surface area contributed by atoms with Crippen molar-refractivity contribution in [3.63, 3.8) is 0 Å². The Balaban J connectivity index is 1.46. The van der Waals surface area contributed by atoms with Gasteiger partial charge in [-0.3, -0.25) is 19.2 Å². The van der Waals surface area contributed by atoms with E-state index in [0.29, 0.717) is 31.4 Å². The minimum Gasteiger partial charge on any atom is -0.340 e. The Kier molecular flexibility index (Phi) is 8.61. The van der Waals surface area contributed by atoms with Crippen molar-refractivity contribution in [2.75, 3.05) is 13.1 Å². The first-order valence-corrected chi connectivity index (χ1v) is 14.6. The number of nitrogens with one attached hydrogen (secondary N) is 1. The highest BCUT2D eigenvalue weighted by molar-refractivity contribution is 7.13. The van der Waals surface area contributed by atoms with Crippen LogP contribution in [0.1, 0.15) is 64.2 Å². The van der Waals surface area contributed by atoms with E-state index in [4.69, 9.17) is 5.73 Å². The molecule has 8 nitrogen and oxygen atoms in total. The van der Waals surface area contributed by atoms with Crippen LogP contribution in [-0.4, -0.2) is 70.6 Å². The van der Waals surface area contributed by atoms with E-state index in [1.807, 2.05) is 64.3 Å². The van der Waals surface area contributed by atoms with Crippen LogP contribution in [0, 0.1) is 11.3 Å². The Morgan fingerprint density at radius 3 is 2.36 bits per heavy atom. The molecular weight excluding hydrogens is 512 g/mol. The summed E-state index contributed by atoms with van der Waals surface area (Å²) < 4.78 is 0. The first kappa shape index (κ1) is 29.0. The maximum atomic E-state index is 13.8. The van der Waals surface area contributed by atoms with Gasteiger partial charge < -0.3 is 20.9 Å². The Labute approximate surface area is 234 Å². The Hall–Kier alpha value is -3.04. The van der Waals surface area contributed by atoms with Gasteiger partial charge in [0.2, 0.25) is 11.8 Å². The average molecular weight is 553 g/mol. The second-order valence-corrected chi connectivity index (χ2v) is 13.3. The van der Waals surface area contributed by atoms with Gasteiger partial charge >= 0.3 is 0 Å². The number of benzene rings is 1. The molecule has 210 valence electrons. The van der Waals surface area contributed by atoms with E-state index in [9.17, 15) is 19.2 Å². The molecule has 0 saturated carbocycles. The van der Waals surface area contributed by atoms with Crippen LogP contribution in [0.15, 0.2) is 41.8 Å². The van der Waals surface area contributed by atoms with Crippen LogP contribution >= 0.6 is 11.3 Å². The largest absolute Gasteiger partial charge is 0.340 e. The van der Waals surface area contributed by atoms with Crippen molar-refractivity contribution in [3.05, 3.63) is 47.3 Å². The van der Waals surface area contributed by atoms with Crippen molar-refractivity contribution >= 4 is 34.8 Å². The van der Waals surface area contributed by atoms with Gasteiger partial charge in [0.1, 0.15) is 12.1 Å². The number of carbonyl (C=O) groups is 4. The topological polar surface area (TPSA) is 113 Å². The predicted molar refractivity (Wildman–Crippen MR) is 153 cm³/mol. The summed E-state index contributed by atoms with van der Waals surface area (Å²) in [6.45, 7) is 10.4.